The van der Waals surface area contributed by atoms with E-state index >= 15 is 0 Å². The zero-order chi connectivity index (χ0) is 14.9. The van der Waals surface area contributed by atoms with Crippen molar-refractivity contribution in [2.45, 2.75) is 6.92 Å². The maximum absolute atomic E-state index is 11.9. The van der Waals surface area contributed by atoms with Crippen LogP contribution in [0.15, 0.2) is 44.1 Å². The first-order valence-electron chi connectivity index (χ1n) is 5.89. The maximum atomic E-state index is 11.9. The minimum atomic E-state index is -0.693. The van der Waals surface area contributed by atoms with Gasteiger partial charge in [0.15, 0.2) is 0 Å². The summed E-state index contributed by atoms with van der Waals surface area (Å²) in [5.74, 6) is -0.505. The first kappa shape index (κ1) is 13.7. The van der Waals surface area contributed by atoms with Gasteiger partial charge in [-0.15, -0.1) is 5.11 Å². The Morgan fingerprint density at radius 2 is 1.80 bits per heavy atom. The van der Waals surface area contributed by atoms with Gasteiger partial charge in [-0.2, -0.15) is 5.11 Å². The van der Waals surface area contributed by atoms with E-state index in [2.05, 4.69) is 10.2 Å². The van der Waals surface area contributed by atoms with Crippen LogP contribution < -0.4 is 11.2 Å². The smallest absolute Gasteiger partial charge is 0.333 e. The maximum Gasteiger partial charge on any atom is 0.333 e. The first-order valence-corrected chi connectivity index (χ1v) is 5.89. The Kier molecular flexibility index (Phi) is 3.51. The van der Waals surface area contributed by atoms with Crippen LogP contribution in [0.25, 0.3) is 0 Å². The first-order chi connectivity index (χ1) is 9.41. The number of hydrogen-bond donors (Lipinski definition) is 1. The summed E-state index contributed by atoms with van der Waals surface area (Å²) in [5, 5.41) is 17.5. The highest BCUT2D eigenvalue weighted by atomic mass is 16.3. The van der Waals surface area contributed by atoms with E-state index in [0.29, 0.717) is 5.69 Å². The van der Waals surface area contributed by atoms with E-state index < -0.39 is 17.1 Å². The van der Waals surface area contributed by atoms with E-state index in [4.69, 9.17) is 0 Å². The highest BCUT2D eigenvalue weighted by Gasteiger charge is 2.14. The molecule has 7 nitrogen and oxygen atoms in total. The summed E-state index contributed by atoms with van der Waals surface area (Å²) in [6.45, 7) is 1.90. The average Bonchev–Trinajstić information content (AvgIpc) is 2.43. The molecule has 2 rings (SSSR count). The Hall–Kier alpha value is -2.70. The fourth-order valence-electron chi connectivity index (χ4n) is 1.70. The highest BCUT2D eigenvalue weighted by Crippen LogP contribution is 2.22. The van der Waals surface area contributed by atoms with E-state index in [9.17, 15) is 14.7 Å². The van der Waals surface area contributed by atoms with Crippen LogP contribution in [0.2, 0.25) is 0 Å². The van der Waals surface area contributed by atoms with Gasteiger partial charge in [0, 0.05) is 14.1 Å². The number of nitrogens with zero attached hydrogens (tertiary/aromatic N) is 4. The van der Waals surface area contributed by atoms with E-state index in [1.165, 1.54) is 14.1 Å². The zero-order valence-corrected chi connectivity index (χ0v) is 11.4. The number of benzene rings is 1. The summed E-state index contributed by atoms with van der Waals surface area (Å²) in [5.41, 5.74) is -0.0283. The summed E-state index contributed by atoms with van der Waals surface area (Å²) in [7, 11) is 2.67. The SMILES string of the molecule is Cc1cccc(/N=N/c2c(O)n(C)c(=O)n(C)c2=O)c1. The van der Waals surface area contributed by atoms with Crippen molar-refractivity contribution in [3.8, 4) is 5.88 Å². The standard InChI is InChI=1S/C13H14N4O3/c1-8-5-4-6-9(7-8)14-15-10-11(18)16(2)13(20)17(3)12(10)19/h4-7,18H,1-3H3/b15-14+. The predicted molar refractivity (Wildman–Crippen MR) is 73.9 cm³/mol. The van der Waals surface area contributed by atoms with Crippen molar-refractivity contribution >= 4 is 11.4 Å². The number of hydrogen-bond acceptors (Lipinski definition) is 5. The van der Waals surface area contributed by atoms with Crippen LogP contribution in [0.1, 0.15) is 5.56 Å². The van der Waals surface area contributed by atoms with Gasteiger partial charge in [-0.1, -0.05) is 12.1 Å². The molecular formula is C13H14N4O3. The van der Waals surface area contributed by atoms with Crippen LogP contribution >= 0.6 is 0 Å². The molecule has 0 unspecified atom stereocenters. The summed E-state index contributed by atoms with van der Waals surface area (Å²) < 4.78 is 1.80. The van der Waals surface area contributed by atoms with Gasteiger partial charge in [0.2, 0.25) is 11.6 Å². The molecule has 0 aliphatic heterocycles. The van der Waals surface area contributed by atoms with Crippen LogP contribution in [0, 0.1) is 6.92 Å². The minimum Gasteiger partial charge on any atom is -0.493 e. The van der Waals surface area contributed by atoms with Gasteiger partial charge in [-0.25, -0.2) is 4.79 Å². The van der Waals surface area contributed by atoms with Crippen molar-refractivity contribution in [2.75, 3.05) is 0 Å². The second-order valence-corrected chi connectivity index (χ2v) is 4.42. The number of aryl methyl sites for hydroxylation is 1. The van der Waals surface area contributed by atoms with E-state index in [0.717, 1.165) is 14.7 Å². The van der Waals surface area contributed by atoms with Crippen molar-refractivity contribution < 1.29 is 5.11 Å². The second kappa shape index (κ2) is 5.12. The molecule has 1 heterocycles. The second-order valence-electron chi connectivity index (χ2n) is 4.42. The molecule has 0 saturated carbocycles. The van der Waals surface area contributed by atoms with Gasteiger partial charge in [0.25, 0.3) is 5.56 Å². The van der Waals surface area contributed by atoms with Gasteiger partial charge in [0.1, 0.15) is 0 Å². The Morgan fingerprint density at radius 1 is 1.10 bits per heavy atom. The molecule has 0 aliphatic rings. The molecule has 2 aromatic rings. The van der Waals surface area contributed by atoms with Gasteiger partial charge < -0.3 is 5.11 Å². The third kappa shape index (κ3) is 2.37. The quantitative estimate of drug-likeness (QED) is 0.842. The minimum absolute atomic E-state index is 0.267. The number of azo groups is 1. The molecule has 1 N–H and O–H groups in total. The third-order valence-corrected chi connectivity index (χ3v) is 2.88. The topological polar surface area (TPSA) is 88.9 Å². The monoisotopic (exact) mass is 274 g/mol. The van der Waals surface area contributed by atoms with Crippen LogP contribution in [0.5, 0.6) is 5.88 Å². The molecular weight excluding hydrogens is 260 g/mol. The largest absolute Gasteiger partial charge is 0.493 e. The van der Waals surface area contributed by atoms with Crippen molar-refractivity contribution in [3.63, 3.8) is 0 Å². The molecule has 1 aromatic carbocycles. The van der Waals surface area contributed by atoms with Gasteiger partial charge in [0.05, 0.1) is 5.69 Å². The van der Waals surface area contributed by atoms with Crippen molar-refractivity contribution in [1.29, 1.82) is 0 Å². The summed E-state index contributed by atoms with van der Waals surface area (Å²) in [4.78, 5) is 23.5. The molecule has 0 spiro atoms. The summed E-state index contributed by atoms with van der Waals surface area (Å²) in [6, 6.07) is 7.22. The van der Waals surface area contributed by atoms with Crippen LogP contribution in [0.4, 0.5) is 11.4 Å². The van der Waals surface area contributed by atoms with Crippen molar-refractivity contribution in [1.82, 2.24) is 9.13 Å². The summed E-state index contributed by atoms with van der Waals surface area (Å²) in [6.07, 6.45) is 0. The Bertz CT molecular complexity index is 802. The third-order valence-electron chi connectivity index (χ3n) is 2.88. The molecule has 104 valence electrons. The molecule has 7 heteroatoms. The molecule has 0 radical (unpaired) electrons. The van der Waals surface area contributed by atoms with E-state index in [-0.39, 0.29) is 5.69 Å². The Balaban J connectivity index is 2.55. The van der Waals surface area contributed by atoms with Gasteiger partial charge in [-0.3, -0.25) is 13.9 Å². The number of aromatic hydroxyl groups is 1. The molecule has 0 amide bonds. The normalized spacial score (nSPS) is 11.2. The highest BCUT2D eigenvalue weighted by molar-refractivity contribution is 5.45. The van der Waals surface area contributed by atoms with Crippen LogP contribution in [0.3, 0.4) is 0 Å². The van der Waals surface area contributed by atoms with Crippen molar-refractivity contribution in [3.05, 3.63) is 50.7 Å². The van der Waals surface area contributed by atoms with E-state index in [1.54, 1.807) is 12.1 Å². The average molecular weight is 274 g/mol. The number of aromatic nitrogens is 2. The molecule has 20 heavy (non-hydrogen) atoms. The molecule has 0 bridgehead atoms. The lowest BCUT2D eigenvalue weighted by atomic mass is 10.2. The fourth-order valence-corrected chi connectivity index (χ4v) is 1.70. The van der Waals surface area contributed by atoms with Crippen molar-refractivity contribution in [2.24, 2.45) is 24.3 Å². The van der Waals surface area contributed by atoms with Gasteiger partial charge >= 0.3 is 5.69 Å². The molecule has 1 aromatic heterocycles. The number of rotatable bonds is 2. The van der Waals surface area contributed by atoms with E-state index in [1.807, 2.05) is 19.1 Å². The molecule has 0 fully saturated rings. The molecule has 0 aliphatic carbocycles. The Morgan fingerprint density at radius 3 is 2.45 bits per heavy atom. The van der Waals surface area contributed by atoms with Crippen LogP contribution in [-0.4, -0.2) is 14.2 Å². The van der Waals surface area contributed by atoms with Gasteiger partial charge in [-0.05, 0) is 24.6 Å². The van der Waals surface area contributed by atoms with Crippen LogP contribution in [-0.2, 0) is 14.1 Å². The molecule has 0 atom stereocenters. The lowest BCUT2D eigenvalue weighted by Crippen LogP contribution is -2.36. The predicted octanol–water partition coefficient (Wildman–Crippen LogP) is 1.51. The zero-order valence-electron chi connectivity index (χ0n) is 11.4. The lowest BCUT2D eigenvalue weighted by Gasteiger charge is -2.06. The fraction of sp³-hybridized carbons (Fsp3) is 0.231. The summed E-state index contributed by atoms with van der Waals surface area (Å²) >= 11 is 0. The lowest BCUT2D eigenvalue weighted by molar-refractivity contribution is 0.413. The Labute approximate surface area is 114 Å². The molecule has 0 saturated heterocycles.